The molecule has 0 bridgehead atoms. The Kier molecular flexibility index (Phi) is 5.74. The maximum absolute atomic E-state index is 12.7. The van der Waals surface area contributed by atoms with Crippen molar-refractivity contribution in [3.05, 3.63) is 40.2 Å². The van der Waals surface area contributed by atoms with Crippen molar-refractivity contribution in [1.29, 1.82) is 5.26 Å². The Hall–Kier alpha value is -2.59. The second-order valence-corrected chi connectivity index (χ2v) is 7.56. The molecule has 0 aliphatic carbocycles. The summed E-state index contributed by atoms with van der Waals surface area (Å²) in [6.45, 7) is 1.43. The van der Waals surface area contributed by atoms with Gasteiger partial charge in [-0.25, -0.2) is 4.98 Å². The predicted octanol–water partition coefficient (Wildman–Crippen LogP) is 3.19. The molecule has 7 heteroatoms. The summed E-state index contributed by atoms with van der Waals surface area (Å²) in [5.41, 5.74) is 1.48. The molecule has 1 N–H and O–H groups in total. The van der Waals surface area contributed by atoms with E-state index < -0.39 is 0 Å². The van der Waals surface area contributed by atoms with Crippen LogP contribution in [0.3, 0.4) is 0 Å². The fraction of sp³-hybridized carbons (Fsp3) is 0.421. The zero-order valence-electron chi connectivity index (χ0n) is 15.1. The van der Waals surface area contributed by atoms with Gasteiger partial charge in [-0.05, 0) is 42.8 Å². The van der Waals surface area contributed by atoms with E-state index in [2.05, 4.69) is 16.4 Å². The number of pyridine rings is 1. The lowest BCUT2D eigenvalue weighted by molar-refractivity contribution is 0.0766. The van der Waals surface area contributed by atoms with Crippen LogP contribution in [0.5, 0.6) is 0 Å². The highest BCUT2D eigenvalue weighted by Crippen LogP contribution is 2.22. The summed E-state index contributed by atoms with van der Waals surface area (Å²) in [6, 6.07) is 8.17. The van der Waals surface area contributed by atoms with Gasteiger partial charge in [0.25, 0.3) is 5.91 Å². The number of aromatic nitrogens is 1. The van der Waals surface area contributed by atoms with Crippen molar-refractivity contribution in [3.8, 4) is 6.07 Å². The summed E-state index contributed by atoms with van der Waals surface area (Å²) in [5, 5.41) is 14.5. The Balaban J connectivity index is 1.60. The molecule has 1 amide bonds. The van der Waals surface area contributed by atoms with Gasteiger partial charge in [0, 0.05) is 33.2 Å². The molecule has 1 aliphatic heterocycles. The Morgan fingerprint density at radius 3 is 2.88 bits per heavy atom. The fourth-order valence-corrected chi connectivity index (χ4v) is 3.93. The molecule has 0 unspecified atom stereocenters. The lowest BCUT2D eigenvalue weighted by Gasteiger charge is -2.21. The van der Waals surface area contributed by atoms with Crippen molar-refractivity contribution in [2.75, 3.05) is 37.4 Å². The van der Waals surface area contributed by atoms with Crippen LogP contribution in [0.4, 0.5) is 11.5 Å². The Morgan fingerprint density at radius 1 is 1.35 bits per heavy atom. The van der Waals surface area contributed by atoms with Crippen LogP contribution >= 0.6 is 11.3 Å². The molecule has 0 aromatic carbocycles. The van der Waals surface area contributed by atoms with Crippen LogP contribution in [0.15, 0.2) is 29.8 Å². The first kappa shape index (κ1) is 18.2. The van der Waals surface area contributed by atoms with Crippen molar-refractivity contribution in [2.24, 2.45) is 0 Å². The van der Waals surface area contributed by atoms with Crippen molar-refractivity contribution < 1.29 is 4.79 Å². The van der Waals surface area contributed by atoms with Gasteiger partial charge in [-0.2, -0.15) is 5.26 Å². The summed E-state index contributed by atoms with van der Waals surface area (Å²) in [7, 11) is 3.94. The lowest BCUT2D eigenvalue weighted by Crippen LogP contribution is -2.32. The van der Waals surface area contributed by atoms with Crippen LogP contribution in [0.1, 0.15) is 34.5 Å². The number of hydrogen-bond donors (Lipinski definition) is 1. The molecule has 0 radical (unpaired) electrons. The molecule has 3 rings (SSSR count). The summed E-state index contributed by atoms with van der Waals surface area (Å²) in [5.74, 6) is 0.909. The number of nitriles is 1. The molecule has 1 saturated heterocycles. The van der Waals surface area contributed by atoms with Crippen LogP contribution in [0.25, 0.3) is 0 Å². The van der Waals surface area contributed by atoms with Crippen molar-refractivity contribution >= 4 is 28.7 Å². The third-order valence-corrected chi connectivity index (χ3v) is 5.47. The third kappa shape index (κ3) is 4.14. The van der Waals surface area contributed by atoms with Gasteiger partial charge in [0.1, 0.15) is 16.8 Å². The molecule has 136 valence electrons. The molecule has 6 nitrogen and oxygen atoms in total. The van der Waals surface area contributed by atoms with E-state index in [0.717, 1.165) is 37.3 Å². The first-order valence-corrected chi connectivity index (χ1v) is 9.63. The first-order chi connectivity index (χ1) is 12.6. The maximum Gasteiger partial charge on any atom is 0.265 e. The van der Waals surface area contributed by atoms with E-state index >= 15 is 0 Å². The predicted molar refractivity (Wildman–Crippen MR) is 105 cm³/mol. The van der Waals surface area contributed by atoms with Gasteiger partial charge in [-0.1, -0.05) is 0 Å². The lowest BCUT2D eigenvalue weighted by atomic mass is 10.1. The molecule has 1 atom stereocenters. The van der Waals surface area contributed by atoms with Crippen LogP contribution < -0.4 is 10.2 Å². The molecule has 1 fully saturated rings. The minimum absolute atomic E-state index is 0.0193. The highest BCUT2D eigenvalue weighted by Gasteiger charge is 2.24. The third-order valence-electron chi connectivity index (χ3n) is 4.57. The van der Waals surface area contributed by atoms with Crippen molar-refractivity contribution in [3.63, 3.8) is 0 Å². The zero-order chi connectivity index (χ0) is 18.5. The van der Waals surface area contributed by atoms with Gasteiger partial charge < -0.3 is 15.1 Å². The average Bonchev–Trinajstić information content (AvgIpc) is 3.01. The second kappa shape index (κ2) is 8.19. The number of carbonyl (C=O) groups excluding carboxylic acids is 1. The highest BCUT2D eigenvalue weighted by molar-refractivity contribution is 7.12. The molecular formula is C19H23N5OS. The molecule has 0 saturated carbocycles. The molecule has 3 heterocycles. The van der Waals surface area contributed by atoms with E-state index in [4.69, 9.17) is 5.26 Å². The number of anilines is 2. The number of amides is 1. The largest absolute Gasteiger partial charge is 0.381 e. The summed E-state index contributed by atoms with van der Waals surface area (Å²) in [6.07, 6.45) is 4.69. The number of rotatable bonds is 4. The Labute approximate surface area is 158 Å². The number of likely N-dealkylation sites (tertiary alicyclic amines) is 1. The summed E-state index contributed by atoms with van der Waals surface area (Å²) in [4.78, 5) is 21.5. The quantitative estimate of drug-likeness (QED) is 0.896. The Bertz CT molecular complexity index is 793. The smallest absolute Gasteiger partial charge is 0.265 e. The number of carbonyl (C=O) groups is 1. The SMILES string of the molecule is CN(C)c1ccc(N[C@@H]2CCCN(C(=O)c3sccc3C#N)CC2)cn1. The molecular weight excluding hydrogens is 346 g/mol. The number of nitrogens with one attached hydrogen (secondary N) is 1. The fourth-order valence-electron chi connectivity index (χ4n) is 3.12. The zero-order valence-corrected chi connectivity index (χ0v) is 15.9. The molecule has 26 heavy (non-hydrogen) atoms. The minimum atomic E-state index is -0.0193. The van der Waals surface area contributed by atoms with Crippen molar-refractivity contribution in [2.45, 2.75) is 25.3 Å². The van der Waals surface area contributed by atoms with Crippen LogP contribution in [-0.4, -0.2) is 49.0 Å². The topological polar surface area (TPSA) is 72.3 Å². The highest BCUT2D eigenvalue weighted by atomic mass is 32.1. The normalized spacial score (nSPS) is 17.3. The monoisotopic (exact) mass is 369 g/mol. The second-order valence-electron chi connectivity index (χ2n) is 6.64. The van der Waals surface area contributed by atoms with Crippen LogP contribution in [-0.2, 0) is 0 Å². The molecule has 1 aliphatic rings. The molecule has 2 aromatic heterocycles. The van der Waals surface area contributed by atoms with Gasteiger partial charge in [-0.3, -0.25) is 4.79 Å². The first-order valence-electron chi connectivity index (χ1n) is 8.75. The van der Waals surface area contributed by atoms with E-state index in [1.165, 1.54) is 11.3 Å². The standard InChI is InChI=1S/C19H23N5OS/c1-23(2)17-6-5-16(13-21-17)22-15-4-3-9-24(10-7-15)19(25)18-14(12-20)8-11-26-18/h5-6,8,11,13,15,22H,3-4,7,9-10H2,1-2H3/t15-/m1/s1. The minimum Gasteiger partial charge on any atom is -0.381 e. The average molecular weight is 369 g/mol. The van der Waals surface area contributed by atoms with Gasteiger partial charge in [0.2, 0.25) is 0 Å². The van der Waals surface area contributed by atoms with Crippen LogP contribution in [0, 0.1) is 11.3 Å². The van der Waals surface area contributed by atoms with Gasteiger partial charge in [0.05, 0.1) is 17.4 Å². The molecule has 0 spiro atoms. The number of hydrogen-bond acceptors (Lipinski definition) is 6. The maximum atomic E-state index is 12.7. The van der Waals surface area contributed by atoms with E-state index in [9.17, 15) is 4.79 Å². The summed E-state index contributed by atoms with van der Waals surface area (Å²) >= 11 is 1.35. The number of nitrogens with zero attached hydrogens (tertiary/aromatic N) is 4. The van der Waals surface area contributed by atoms with E-state index in [0.29, 0.717) is 23.0 Å². The summed E-state index contributed by atoms with van der Waals surface area (Å²) < 4.78 is 0. The molecule has 2 aromatic rings. The van der Waals surface area contributed by atoms with Gasteiger partial charge >= 0.3 is 0 Å². The number of thiophene rings is 1. The van der Waals surface area contributed by atoms with Gasteiger partial charge in [-0.15, -0.1) is 11.3 Å². The van der Waals surface area contributed by atoms with Crippen LogP contribution in [0.2, 0.25) is 0 Å². The van der Waals surface area contributed by atoms with E-state index in [1.54, 1.807) is 11.4 Å². The van der Waals surface area contributed by atoms with Crippen molar-refractivity contribution in [1.82, 2.24) is 9.88 Å². The van der Waals surface area contributed by atoms with E-state index in [-0.39, 0.29) is 5.91 Å². The van der Waals surface area contributed by atoms with Gasteiger partial charge in [0.15, 0.2) is 0 Å². The van der Waals surface area contributed by atoms with E-state index in [1.807, 2.05) is 42.2 Å². The Morgan fingerprint density at radius 2 is 2.19 bits per heavy atom.